The van der Waals surface area contributed by atoms with Gasteiger partial charge in [-0.3, -0.25) is 19.2 Å². The van der Waals surface area contributed by atoms with Crippen molar-refractivity contribution in [1.29, 1.82) is 0 Å². The van der Waals surface area contributed by atoms with Gasteiger partial charge in [0, 0.05) is 0 Å². The fourth-order valence-corrected chi connectivity index (χ4v) is 1.74. The molecule has 0 aliphatic carbocycles. The molecule has 0 heterocycles. The molecule has 1 rings (SSSR count). The molecule has 26 heavy (non-hydrogen) atoms. The number of benzene rings is 1. The van der Waals surface area contributed by atoms with Crippen LogP contribution in [0.15, 0.2) is 30.3 Å². The Bertz CT molecular complexity index is 636. The lowest BCUT2D eigenvalue weighted by Crippen LogP contribution is -2.37. The highest BCUT2D eigenvalue weighted by Gasteiger charge is 2.37. The molecule has 6 nitrogen and oxygen atoms in total. The predicted octanol–water partition coefficient (Wildman–Crippen LogP) is 3.08. The maximum atomic E-state index is 12.4. The summed E-state index contributed by atoms with van der Waals surface area (Å²) in [5, 5.41) is 0. The van der Waals surface area contributed by atoms with Crippen molar-refractivity contribution in [2.45, 2.75) is 48.0 Å². The highest BCUT2D eigenvalue weighted by Crippen LogP contribution is 2.21. The summed E-state index contributed by atoms with van der Waals surface area (Å²) in [6.45, 7) is 9.56. The zero-order valence-corrected chi connectivity index (χ0v) is 16.1. The van der Waals surface area contributed by atoms with Crippen LogP contribution >= 0.6 is 0 Å². The topological polar surface area (TPSA) is 86.7 Å². The average molecular weight is 362 g/mol. The van der Waals surface area contributed by atoms with Crippen LogP contribution in [-0.4, -0.2) is 23.9 Å². The molecule has 0 saturated carbocycles. The fraction of sp³-hybridized carbons (Fsp3) is 0.500. The number of hydrogen-bond acceptors (Lipinski definition) is 6. The molecule has 0 atom stereocenters. The van der Waals surface area contributed by atoms with Crippen LogP contribution in [0, 0.1) is 16.7 Å². The molecule has 0 fully saturated rings. The van der Waals surface area contributed by atoms with Gasteiger partial charge in [0.1, 0.15) is 0 Å². The molecule has 1 aromatic carbocycles. The first-order valence-corrected chi connectivity index (χ1v) is 8.38. The van der Waals surface area contributed by atoms with E-state index in [1.165, 1.54) is 0 Å². The van der Waals surface area contributed by atoms with E-state index in [1.807, 2.05) is 0 Å². The summed E-state index contributed by atoms with van der Waals surface area (Å²) in [7, 11) is 0. The third-order valence-corrected chi connectivity index (χ3v) is 3.46. The summed E-state index contributed by atoms with van der Waals surface area (Å²) in [5.74, 6) is -4.97. The van der Waals surface area contributed by atoms with Crippen LogP contribution in [0.5, 0.6) is 0 Å². The van der Waals surface area contributed by atoms with Gasteiger partial charge in [-0.05, 0) is 53.5 Å². The summed E-state index contributed by atoms with van der Waals surface area (Å²) >= 11 is 0. The van der Waals surface area contributed by atoms with E-state index in [-0.39, 0.29) is 6.42 Å². The molecule has 1 aromatic rings. The molecule has 0 amide bonds. The Morgan fingerprint density at radius 3 is 1.50 bits per heavy atom. The highest BCUT2D eigenvalue weighted by atomic mass is 16.6. The summed E-state index contributed by atoms with van der Waals surface area (Å²) in [6.07, 6.45) is -0.0344. The average Bonchev–Trinajstić information content (AvgIpc) is 2.51. The summed E-state index contributed by atoms with van der Waals surface area (Å²) in [5.41, 5.74) is -1.13. The Hall–Kier alpha value is -2.50. The van der Waals surface area contributed by atoms with E-state index < -0.39 is 40.6 Å². The first-order valence-electron chi connectivity index (χ1n) is 8.38. The lowest BCUT2D eigenvalue weighted by Gasteiger charge is -2.20. The molecule has 0 spiro atoms. The van der Waals surface area contributed by atoms with Gasteiger partial charge in [0.2, 0.25) is 0 Å². The van der Waals surface area contributed by atoms with E-state index in [9.17, 15) is 19.2 Å². The van der Waals surface area contributed by atoms with Crippen molar-refractivity contribution in [2.75, 3.05) is 0 Å². The van der Waals surface area contributed by atoms with Gasteiger partial charge in [0.25, 0.3) is 0 Å². The standard InChI is InChI=1S/C20H26O6/c1-19(2,3)17(23)25-15(21)14(12-13-10-8-7-9-11-13)16(22)26-18(24)20(4,5)6/h7-11,14H,12H2,1-6H3. The van der Waals surface area contributed by atoms with E-state index >= 15 is 0 Å². The van der Waals surface area contributed by atoms with Gasteiger partial charge in [0.15, 0.2) is 5.92 Å². The first kappa shape index (κ1) is 21.5. The monoisotopic (exact) mass is 362 g/mol. The number of hydrogen-bond donors (Lipinski definition) is 0. The van der Waals surface area contributed by atoms with Crippen LogP contribution in [-0.2, 0) is 35.1 Å². The van der Waals surface area contributed by atoms with E-state index in [0.717, 1.165) is 0 Å². The van der Waals surface area contributed by atoms with E-state index in [1.54, 1.807) is 71.9 Å². The SMILES string of the molecule is CC(C)(C)C(=O)OC(=O)C(Cc1ccccc1)C(=O)OC(=O)C(C)(C)C. The maximum absolute atomic E-state index is 12.4. The minimum atomic E-state index is -1.41. The molecular formula is C20H26O6. The van der Waals surface area contributed by atoms with Gasteiger partial charge in [0.05, 0.1) is 10.8 Å². The van der Waals surface area contributed by atoms with Gasteiger partial charge >= 0.3 is 23.9 Å². The largest absolute Gasteiger partial charge is 0.392 e. The molecule has 0 unspecified atom stereocenters. The molecular weight excluding hydrogens is 336 g/mol. The molecule has 0 bridgehead atoms. The molecule has 0 radical (unpaired) electrons. The smallest absolute Gasteiger partial charge is 0.328 e. The summed E-state index contributed by atoms with van der Waals surface area (Å²) < 4.78 is 9.70. The Kier molecular flexibility index (Phi) is 6.84. The van der Waals surface area contributed by atoms with Crippen molar-refractivity contribution in [3.8, 4) is 0 Å². The van der Waals surface area contributed by atoms with Crippen LogP contribution in [0.4, 0.5) is 0 Å². The zero-order valence-electron chi connectivity index (χ0n) is 16.1. The number of carbonyl (C=O) groups excluding carboxylic acids is 4. The van der Waals surface area contributed by atoms with Crippen molar-refractivity contribution < 1.29 is 28.7 Å². The van der Waals surface area contributed by atoms with Crippen molar-refractivity contribution in [2.24, 2.45) is 16.7 Å². The molecule has 0 N–H and O–H groups in total. The van der Waals surface area contributed by atoms with Crippen molar-refractivity contribution >= 4 is 23.9 Å². The number of carbonyl (C=O) groups is 4. The maximum Gasteiger partial charge on any atom is 0.328 e. The predicted molar refractivity (Wildman–Crippen MR) is 94.7 cm³/mol. The van der Waals surface area contributed by atoms with E-state index in [2.05, 4.69) is 0 Å². The summed E-state index contributed by atoms with van der Waals surface area (Å²) in [6, 6.07) is 8.75. The molecule has 0 saturated heterocycles. The zero-order chi connectivity index (χ0) is 20.1. The van der Waals surface area contributed by atoms with Crippen LogP contribution in [0.3, 0.4) is 0 Å². The fourth-order valence-electron chi connectivity index (χ4n) is 1.74. The van der Waals surface area contributed by atoms with Crippen LogP contribution in [0.2, 0.25) is 0 Å². The second-order valence-electron chi connectivity index (χ2n) is 8.16. The third-order valence-electron chi connectivity index (χ3n) is 3.46. The van der Waals surface area contributed by atoms with Crippen LogP contribution in [0.25, 0.3) is 0 Å². The number of ether oxygens (including phenoxy) is 2. The molecule has 0 aromatic heterocycles. The van der Waals surface area contributed by atoms with Crippen molar-refractivity contribution in [3.05, 3.63) is 35.9 Å². The Labute approximate surface area is 153 Å². The summed E-state index contributed by atoms with van der Waals surface area (Å²) in [4.78, 5) is 48.8. The molecule has 6 heteroatoms. The first-order chi connectivity index (χ1) is 11.8. The minimum Gasteiger partial charge on any atom is -0.392 e. The normalized spacial score (nSPS) is 11.8. The number of esters is 4. The van der Waals surface area contributed by atoms with Crippen LogP contribution < -0.4 is 0 Å². The van der Waals surface area contributed by atoms with Gasteiger partial charge in [-0.25, -0.2) is 0 Å². The Morgan fingerprint density at radius 1 is 0.769 bits per heavy atom. The Morgan fingerprint density at radius 2 is 1.15 bits per heavy atom. The van der Waals surface area contributed by atoms with Crippen molar-refractivity contribution in [3.63, 3.8) is 0 Å². The van der Waals surface area contributed by atoms with E-state index in [4.69, 9.17) is 9.47 Å². The molecule has 0 aliphatic rings. The third kappa shape index (κ3) is 6.43. The lowest BCUT2D eigenvalue weighted by molar-refractivity contribution is -0.176. The lowest BCUT2D eigenvalue weighted by atomic mass is 9.96. The van der Waals surface area contributed by atoms with Gasteiger partial charge < -0.3 is 9.47 Å². The quantitative estimate of drug-likeness (QED) is 0.604. The van der Waals surface area contributed by atoms with E-state index in [0.29, 0.717) is 5.56 Å². The van der Waals surface area contributed by atoms with Crippen molar-refractivity contribution in [1.82, 2.24) is 0 Å². The van der Waals surface area contributed by atoms with Crippen LogP contribution in [0.1, 0.15) is 47.1 Å². The second-order valence-corrected chi connectivity index (χ2v) is 8.16. The molecule has 0 aliphatic heterocycles. The highest BCUT2D eigenvalue weighted by molar-refractivity contribution is 6.03. The number of rotatable bonds is 4. The Balaban J connectivity index is 3.02. The van der Waals surface area contributed by atoms with Gasteiger partial charge in [-0.1, -0.05) is 30.3 Å². The van der Waals surface area contributed by atoms with Gasteiger partial charge in [-0.15, -0.1) is 0 Å². The second kappa shape index (κ2) is 8.25. The molecule has 142 valence electrons. The van der Waals surface area contributed by atoms with Gasteiger partial charge in [-0.2, -0.15) is 0 Å². The minimum absolute atomic E-state index is 0.0344.